The molecule has 4 rings (SSSR count). The Balaban J connectivity index is 1.79. The Bertz CT molecular complexity index is 1570. The monoisotopic (exact) mass is 552 g/mol. The molecule has 0 bridgehead atoms. The van der Waals surface area contributed by atoms with Gasteiger partial charge in [-0.25, -0.2) is 27.5 Å². The highest BCUT2D eigenvalue weighted by atomic mass is 35.5. The number of ether oxygens (including phenoxy) is 1. The van der Waals surface area contributed by atoms with Gasteiger partial charge in [0.15, 0.2) is 5.82 Å². The predicted molar refractivity (Wildman–Crippen MR) is 131 cm³/mol. The lowest BCUT2D eigenvalue weighted by Crippen LogP contribution is -2.32. The van der Waals surface area contributed by atoms with E-state index in [4.69, 9.17) is 16.3 Å². The van der Waals surface area contributed by atoms with Crippen LogP contribution in [0, 0.1) is 0 Å². The van der Waals surface area contributed by atoms with Gasteiger partial charge in [-0.1, -0.05) is 11.6 Å². The van der Waals surface area contributed by atoms with E-state index < -0.39 is 38.6 Å². The summed E-state index contributed by atoms with van der Waals surface area (Å²) in [4.78, 5) is 19.8. The zero-order valence-electron chi connectivity index (χ0n) is 19.5. The van der Waals surface area contributed by atoms with Crippen LogP contribution >= 0.6 is 11.6 Å². The van der Waals surface area contributed by atoms with E-state index in [-0.39, 0.29) is 23.6 Å². The normalized spacial score (nSPS) is 12.1. The number of carbonyl (C=O) groups excluding carboxylic acids is 1. The minimum absolute atomic E-state index is 0.136. The van der Waals surface area contributed by atoms with Gasteiger partial charge < -0.3 is 9.30 Å². The summed E-state index contributed by atoms with van der Waals surface area (Å²) in [5.74, 6) is -1.02. The maximum atomic E-state index is 13.7. The zero-order valence-corrected chi connectivity index (χ0v) is 21.1. The summed E-state index contributed by atoms with van der Waals surface area (Å²) in [5.41, 5.74) is 0.128. The standard InChI is InChI=1S/C24H20ClF3N4O4S/c1-3-36-23(33)16-4-6-19(7-5-16)37(34,35)32(22-20(25)11-18(13-30-22)24(26,27)28)14-15-10-17-8-9-31(2)21(17)29-12-15/h4-13H,3,14H2,1-2H3. The van der Waals surface area contributed by atoms with Crippen molar-refractivity contribution in [2.75, 3.05) is 10.9 Å². The number of rotatable bonds is 7. The molecular formula is C24H20ClF3N4O4S. The first-order valence-corrected chi connectivity index (χ1v) is 12.7. The number of hydrogen-bond donors (Lipinski definition) is 0. The van der Waals surface area contributed by atoms with Gasteiger partial charge in [-0.2, -0.15) is 13.2 Å². The van der Waals surface area contributed by atoms with Crippen molar-refractivity contribution in [2.45, 2.75) is 24.5 Å². The summed E-state index contributed by atoms with van der Waals surface area (Å²) in [5, 5.41) is 0.234. The van der Waals surface area contributed by atoms with E-state index in [2.05, 4.69) is 9.97 Å². The fourth-order valence-corrected chi connectivity index (χ4v) is 5.35. The van der Waals surface area contributed by atoms with Crippen LogP contribution in [0.15, 0.2) is 66.0 Å². The van der Waals surface area contributed by atoms with Crippen LogP contribution in [0.2, 0.25) is 5.02 Å². The summed E-state index contributed by atoms with van der Waals surface area (Å²) in [6, 6.07) is 9.09. The molecule has 37 heavy (non-hydrogen) atoms. The molecule has 0 aliphatic rings. The van der Waals surface area contributed by atoms with Crippen molar-refractivity contribution in [1.82, 2.24) is 14.5 Å². The van der Waals surface area contributed by atoms with Gasteiger partial charge >= 0.3 is 12.1 Å². The lowest BCUT2D eigenvalue weighted by Gasteiger charge is -2.25. The molecule has 0 saturated heterocycles. The van der Waals surface area contributed by atoms with E-state index >= 15 is 0 Å². The number of hydrogen-bond acceptors (Lipinski definition) is 6. The second-order valence-electron chi connectivity index (χ2n) is 7.97. The number of anilines is 1. The number of pyridine rings is 2. The first-order chi connectivity index (χ1) is 17.4. The summed E-state index contributed by atoms with van der Waals surface area (Å²) in [6.45, 7) is 1.46. The van der Waals surface area contributed by atoms with Crippen molar-refractivity contribution < 1.29 is 31.1 Å². The van der Waals surface area contributed by atoms with Crippen LogP contribution in [0.1, 0.15) is 28.4 Å². The second kappa shape index (κ2) is 10.0. The van der Waals surface area contributed by atoms with Crippen molar-refractivity contribution in [3.63, 3.8) is 0 Å². The fourth-order valence-electron chi connectivity index (χ4n) is 3.60. The van der Waals surface area contributed by atoms with Crippen LogP contribution in [-0.2, 0) is 34.5 Å². The summed E-state index contributed by atoms with van der Waals surface area (Å²) >= 11 is 6.14. The fraction of sp³-hybridized carbons (Fsp3) is 0.208. The molecule has 0 radical (unpaired) electrons. The minimum atomic E-state index is -4.72. The highest BCUT2D eigenvalue weighted by Crippen LogP contribution is 2.36. The second-order valence-corrected chi connectivity index (χ2v) is 10.2. The molecular weight excluding hydrogens is 533 g/mol. The van der Waals surface area contributed by atoms with Crippen molar-refractivity contribution >= 4 is 44.4 Å². The number of fused-ring (bicyclic) bond motifs is 1. The van der Waals surface area contributed by atoms with Gasteiger partial charge in [-0.15, -0.1) is 0 Å². The number of carbonyl (C=O) groups is 1. The molecule has 0 aliphatic carbocycles. The molecule has 13 heteroatoms. The minimum Gasteiger partial charge on any atom is -0.462 e. The van der Waals surface area contributed by atoms with Crippen molar-refractivity contribution in [1.29, 1.82) is 0 Å². The highest BCUT2D eigenvalue weighted by molar-refractivity contribution is 7.92. The van der Waals surface area contributed by atoms with Gasteiger partial charge in [0.05, 0.1) is 34.2 Å². The molecule has 0 spiro atoms. The zero-order chi connectivity index (χ0) is 27.0. The van der Waals surface area contributed by atoms with Gasteiger partial charge in [0.1, 0.15) is 5.65 Å². The number of esters is 1. The lowest BCUT2D eigenvalue weighted by atomic mass is 10.2. The van der Waals surface area contributed by atoms with Crippen LogP contribution in [0.3, 0.4) is 0 Å². The van der Waals surface area contributed by atoms with Gasteiger partial charge in [-0.3, -0.25) is 0 Å². The molecule has 0 fully saturated rings. The molecule has 194 valence electrons. The van der Waals surface area contributed by atoms with Crippen LogP contribution in [0.5, 0.6) is 0 Å². The van der Waals surface area contributed by atoms with Crippen molar-refractivity contribution in [2.24, 2.45) is 7.05 Å². The molecule has 0 amide bonds. The maximum absolute atomic E-state index is 13.7. The molecule has 3 heterocycles. The number of aromatic nitrogens is 3. The van der Waals surface area contributed by atoms with E-state index in [0.717, 1.165) is 9.69 Å². The average molecular weight is 553 g/mol. The molecule has 0 aliphatic heterocycles. The van der Waals surface area contributed by atoms with Crippen LogP contribution < -0.4 is 4.31 Å². The Morgan fingerprint density at radius 1 is 1.11 bits per heavy atom. The number of halogens is 4. The largest absolute Gasteiger partial charge is 0.462 e. The highest BCUT2D eigenvalue weighted by Gasteiger charge is 2.34. The first-order valence-electron chi connectivity index (χ1n) is 10.8. The Hall–Kier alpha value is -3.64. The van der Waals surface area contributed by atoms with E-state index in [0.29, 0.717) is 23.5 Å². The van der Waals surface area contributed by atoms with Crippen LogP contribution in [0.25, 0.3) is 11.0 Å². The Kier molecular flexibility index (Phi) is 7.16. The predicted octanol–water partition coefficient (Wildman–Crippen LogP) is 5.21. The molecule has 0 saturated carbocycles. The molecule has 1 aromatic carbocycles. The SMILES string of the molecule is CCOC(=O)c1ccc(S(=O)(=O)N(Cc2cnc3c(ccn3C)c2)c2ncc(C(F)(F)F)cc2Cl)cc1. The number of benzene rings is 1. The molecule has 0 N–H and O–H groups in total. The average Bonchev–Trinajstić information content (AvgIpc) is 3.22. The Morgan fingerprint density at radius 3 is 2.43 bits per heavy atom. The van der Waals surface area contributed by atoms with E-state index in [9.17, 15) is 26.4 Å². The number of alkyl halides is 3. The Labute approximate surface area is 215 Å². The third-order valence-electron chi connectivity index (χ3n) is 5.43. The molecule has 4 aromatic rings. The van der Waals surface area contributed by atoms with Crippen molar-refractivity contribution in [3.05, 3.63) is 82.8 Å². The molecule has 0 atom stereocenters. The maximum Gasteiger partial charge on any atom is 0.417 e. The van der Waals surface area contributed by atoms with Gasteiger partial charge in [0.2, 0.25) is 0 Å². The summed E-state index contributed by atoms with van der Waals surface area (Å²) in [6.07, 6.45) is -0.946. The molecule has 3 aromatic heterocycles. The number of sulfonamides is 1. The van der Waals surface area contributed by atoms with E-state index in [1.807, 2.05) is 0 Å². The van der Waals surface area contributed by atoms with E-state index in [1.54, 1.807) is 36.9 Å². The van der Waals surface area contributed by atoms with Crippen LogP contribution in [0.4, 0.5) is 19.0 Å². The first kappa shape index (κ1) is 26.4. The third kappa shape index (κ3) is 5.39. The lowest BCUT2D eigenvalue weighted by molar-refractivity contribution is -0.137. The number of nitrogens with zero attached hydrogens (tertiary/aromatic N) is 4. The van der Waals surface area contributed by atoms with Crippen molar-refractivity contribution in [3.8, 4) is 0 Å². The third-order valence-corrected chi connectivity index (χ3v) is 7.46. The Morgan fingerprint density at radius 2 is 1.81 bits per heavy atom. The van der Waals surface area contributed by atoms with E-state index in [1.165, 1.54) is 30.5 Å². The topological polar surface area (TPSA) is 94.4 Å². The van der Waals surface area contributed by atoms with Crippen LogP contribution in [-0.4, -0.2) is 35.5 Å². The number of aryl methyl sites for hydroxylation is 1. The smallest absolute Gasteiger partial charge is 0.417 e. The molecule has 0 unspecified atom stereocenters. The summed E-state index contributed by atoms with van der Waals surface area (Å²) < 4.78 is 74.5. The molecule has 8 nitrogen and oxygen atoms in total. The quantitative estimate of drug-likeness (QED) is 0.292. The van der Waals surface area contributed by atoms with Gasteiger partial charge in [-0.05, 0) is 55.0 Å². The summed E-state index contributed by atoms with van der Waals surface area (Å²) in [7, 11) is -2.60. The van der Waals surface area contributed by atoms with Gasteiger partial charge in [0, 0.05) is 31.0 Å². The van der Waals surface area contributed by atoms with Gasteiger partial charge in [0.25, 0.3) is 10.0 Å².